The average molecular weight is 525 g/mol. The van der Waals surface area contributed by atoms with Crippen LogP contribution in [0.4, 0.5) is 0 Å². The summed E-state index contributed by atoms with van der Waals surface area (Å²) in [4.78, 5) is 0. The molecule has 2 heteroatoms. The number of benzene rings is 6. The predicted octanol–water partition coefficient (Wildman–Crippen LogP) is 10.2. The zero-order valence-electron chi connectivity index (χ0n) is 23.1. The second-order valence-corrected chi connectivity index (χ2v) is 11.8. The van der Waals surface area contributed by atoms with Gasteiger partial charge in [-0.25, -0.2) is 0 Å². The third kappa shape index (κ3) is 2.92. The number of aromatic nitrogens is 2. The Morgan fingerprint density at radius 1 is 0.415 bits per heavy atom. The highest BCUT2D eigenvalue weighted by molar-refractivity contribution is 6.23. The van der Waals surface area contributed by atoms with Gasteiger partial charge in [-0.15, -0.1) is 0 Å². The molecule has 9 rings (SSSR count). The van der Waals surface area contributed by atoms with E-state index < -0.39 is 0 Å². The molecule has 0 aliphatic heterocycles. The lowest BCUT2D eigenvalue weighted by Crippen LogP contribution is -2.14. The van der Waals surface area contributed by atoms with Crippen molar-refractivity contribution >= 4 is 43.6 Å². The number of nitrogens with zero attached hydrogens (tertiary/aromatic N) is 2. The van der Waals surface area contributed by atoms with Gasteiger partial charge < -0.3 is 9.13 Å². The first-order valence-corrected chi connectivity index (χ1v) is 14.4. The molecule has 0 N–H and O–H groups in total. The molecule has 2 aromatic heterocycles. The molecule has 0 fully saturated rings. The van der Waals surface area contributed by atoms with Crippen LogP contribution in [0.1, 0.15) is 25.0 Å². The molecule has 1 aliphatic rings. The van der Waals surface area contributed by atoms with Crippen LogP contribution in [-0.2, 0) is 5.41 Å². The highest BCUT2D eigenvalue weighted by Gasteiger charge is 2.35. The first kappa shape index (κ1) is 22.7. The van der Waals surface area contributed by atoms with E-state index in [4.69, 9.17) is 0 Å². The van der Waals surface area contributed by atoms with Gasteiger partial charge in [-0.05, 0) is 58.7 Å². The number of para-hydroxylation sites is 3. The predicted molar refractivity (Wildman–Crippen MR) is 173 cm³/mol. The lowest BCUT2D eigenvalue weighted by molar-refractivity contribution is 0.660. The maximum atomic E-state index is 2.50. The largest absolute Gasteiger partial charge is 0.307 e. The maximum Gasteiger partial charge on any atom is 0.0788 e. The molecule has 0 unspecified atom stereocenters. The third-order valence-corrected chi connectivity index (χ3v) is 9.31. The Kier molecular flexibility index (Phi) is 4.42. The van der Waals surface area contributed by atoms with Crippen molar-refractivity contribution in [3.8, 4) is 22.5 Å². The van der Waals surface area contributed by atoms with Crippen LogP contribution >= 0.6 is 0 Å². The molecule has 0 spiro atoms. The molecule has 6 aromatic carbocycles. The first-order valence-electron chi connectivity index (χ1n) is 14.4. The van der Waals surface area contributed by atoms with Crippen molar-refractivity contribution in [2.45, 2.75) is 19.3 Å². The van der Waals surface area contributed by atoms with E-state index in [-0.39, 0.29) is 5.41 Å². The van der Waals surface area contributed by atoms with Crippen LogP contribution in [0, 0.1) is 0 Å². The molecule has 0 radical (unpaired) electrons. The normalized spacial score (nSPS) is 13.8. The molecule has 0 atom stereocenters. The van der Waals surface area contributed by atoms with Crippen molar-refractivity contribution in [1.29, 1.82) is 0 Å². The Balaban J connectivity index is 1.47. The molecule has 0 saturated heterocycles. The summed E-state index contributed by atoms with van der Waals surface area (Å²) in [7, 11) is 0. The minimum atomic E-state index is -0.0156. The molecular weight excluding hydrogens is 496 g/mol. The van der Waals surface area contributed by atoms with Crippen LogP contribution in [0.2, 0.25) is 0 Å². The summed E-state index contributed by atoms with van der Waals surface area (Å²) in [5, 5.41) is 5.09. The minimum Gasteiger partial charge on any atom is -0.307 e. The standard InChI is InChI=1S/C39H28N2/c1-39(2)33-17-9-6-14-27(33)32-24-26(20-23-34(32)39)41-36-19-11-8-16-29(36)31-22-21-30-28-15-7-10-18-35(28)40(37(30)38(31)41)25-12-4-3-5-13-25/h3-24H,1-2H3. The molecule has 1 aliphatic carbocycles. The van der Waals surface area contributed by atoms with Crippen LogP contribution in [0.25, 0.3) is 66.1 Å². The number of fused-ring (bicyclic) bond motifs is 10. The maximum absolute atomic E-state index is 2.50. The van der Waals surface area contributed by atoms with Gasteiger partial charge >= 0.3 is 0 Å². The molecule has 0 bridgehead atoms. The smallest absolute Gasteiger partial charge is 0.0788 e. The Morgan fingerprint density at radius 3 is 1.63 bits per heavy atom. The molecule has 8 aromatic rings. The van der Waals surface area contributed by atoms with Gasteiger partial charge in [-0.1, -0.05) is 111 Å². The Morgan fingerprint density at radius 2 is 0.951 bits per heavy atom. The van der Waals surface area contributed by atoms with Crippen LogP contribution in [0.5, 0.6) is 0 Å². The molecule has 41 heavy (non-hydrogen) atoms. The summed E-state index contributed by atoms with van der Waals surface area (Å²) >= 11 is 0. The third-order valence-electron chi connectivity index (χ3n) is 9.31. The summed E-state index contributed by atoms with van der Waals surface area (Å²) in [6, 6.07) is 49.1. The van der Waals surface area contributed by atoms with Crippen LogP contribution < -0.4 is 0 Å². The van der Waals surface area contributed by atoms with Crippen LogP contribution in [0.15, 0.2) is 133 Å². The fourth-order valence-corrected chi connectivity index (χ4v) is 7.46. The molecular formula is C39H28N2. The van der Waals surface area contributed by atoms with Crippen molar-refractivity contribution < 1.29 is 0 Å². The van der Waals surface area contributed by atoms with Gasteiger partial charge in [0.15, 0.2) is 0 Å². The van der Waals surface area contributed by atoms with E-state index in [9.17, 15) is 0 Å². The second-order valence-electron chi connectivity index (χ2n) is 11.8. The lowest BCUT2D eigenvalue weighted by Gasteiger charge is -2.21. The van der Waals surface area contributed by atoms with Gasteiger partial charge in [0, 0.05) is 38.3 Å². The van der Waals surface area contributed by atoms with Crippen LogP contribution in [-0.4, -0.2) is 9.13 Å². The van der Waals surface area contributed by atoms with E-state index in [1.165, 1.54) is 77.2 Å². The van der Waals surface area contributed by atoms with E-state index in [1.54, 1.807) is 0 Å². The van der Waals surface area contributed by atoms with Gasteiger partial charge in [-0.2, -0.15) is 0 Å². The van der Waals surface area contributed by atoms with Crippen molar-refractivity contribution in [3.05, 3.63) is 145 Å². The van der Waals surface area contributed by atoms with Crippen LogP contribution in [0.3, 0.4) is 0 Å². The Labute approximate surface area is 238 Å². The van der Waals surface area contributed by atoms with E-state index in [0.717, 1.165) is 0 Å². The molecule has 2 heterocycles. The molecule has 0 saturated carbocycles. The van der Waals surface area contributed by atoms with Crippen molar-refractivity contribution in [2.24, 2.45) is 0 Å². The summed E-state index contributed by atoms with van der Waals surface area (Å²) in [6.45, 7) is 4.69. The van der Waals surface area contributed by atoms with E-state index in [0.29, 0.717) is 0 Å². The van der Waals surface area contributed by atoms with Crippen molar-refractivity contribution in [1.82, 2.24) is 9.13 Å². The highest BCUT2D eigenvalue weighted by Crippen LogP contribution is 2.50. The zero-order chi connectivity index (χ0) is 27.3. The summed E-state index contributed by atoms with van der Waals surface area (Å²) in [6.07, 6.45) is 0. The summed E-state index contributed by atoms with van der Waals surface area (Å²) in [5.41, 5.74) is 12.8. The van der Waals surface area contributed by atoms with Gasteiger partial charge in [0.2, 0.25) is 0 Å². The summed E-state index contributed by atoms with van der Waals surface area (Å²) < 4.78 is 4.95. The van der Waals surface area contributed by atoms with E-state index >= 15 is 0 Å². The topological polar surface area (TPSA) is 9.86 Å². The van der Waals surface area contributed by atoms with Gasteiger partial charge in [0.05, 0.1) is 22.1 Å². The van der Waals surface area contributed by atoms with Gasteiger partial charge in [0.1, 0.15) is 0 Å². The fourth-order valence-electron chi connectivity index (χ4n) is 7.46. The SMILES string of the molecule is CC1(C)c2ccccc2-c2cc(-n3c4ccccc4c4ccc5c6ccccc6n(-c6ccccc6)c5c43)ccc21. The van der Waals surface area contributed by atoms with Crippen molar-refractivity contribution in [2.75, 3.05) is 0 Å². The zero-order valence-corrected chi connectivity index (χ0v) is 23.1. The molecule has 0 amide bonds. The quantitative estimate of drug-likeness (QED) is 0.213. The number of hydrogen-bond acceptors (Lipinski definition) is 0. The summed E-state index contributed by atoms with van der Waals surface area (Å²) in [5.74, 6) is 0. The highest BCUT2D eigenvalue weighted by atomic mass is 15.0. The van der Waals surface area contributed by atoms with E-state index in [1.807, 2.05) is 0 Å². The van der Waals surface area contributed by atoms with Crippen molar-refractivity contribution in [3.63, 3.8) is 0 Å². The second kappa shape index (κ2) is 7.99. The monoisotopic (exact) mass is 524 g/mol. The molecule has 194 valence electrons. The average Bonchev–Trinajstić information content (AvgIpc) is 3.61. The van der Waals surface area contributed by atoms with Gasteiger partial charge in [0.25, 0.3) is 0 Å². The Hall–Kier alpha value is -5.08. The van der Waals surface area contributed by atoms with Gasteiger partial charge in [-0.3, -0.25) is 0 Å². The van der Waals surface area contributed by atoms with E-state index in [2.05, 4.69) is 156 Å². The Bertz CT molecular complexity index is 2330. The first-order chi connectivity index (χ1) is 20.1. The number of rotatable bonds is 2. The lowest BCUT2D eigenvalue weighted by atomic mass is 9.82. The minimum absolute atomic E-state index is 0.0156. The molecule has 2 nitrogen and oxygen atoms in total. The fraction of sp³-hybridized carbons (Fsp3) is 0.0769. The number of hydrogen-bond donors (Lipinski definition) is 0.